The van der Waals surface area contributed by atoms with E-state index in [4.69, 9.17) is 0 Å². The van der Waals surface area contributed by atoms with Crippen molar-refractivity contribution in [2.24, 2.45) is 7.05 Å². The fourth-order valence-corrected chi connectivity index (χ4v) is 2.97. The van der Waals surface area contributed by atoms with Gasteiger partial charge in [-0.2, -0.15) is 5.26 Å². The Bertz CT molecular complexity index is 828. The van der Waals surface area contributed by atoms with Gasteiger partial charge < -0.3 is 14.8 Å². The number of hydrogen-bond acceptors (Lipinski definition) is 3. The maximum atomic E-state index is 12.8. The van der Waals surface area contributed by atoms with Crippen LogP contribution in [0.15, 0.2) is 43.0 Å². The minimum absolute atomic E-state index is 0.0361. The summed E-state index contributed by atoms with van der Waals surface area (Å²) in [5, 5.41) is 12.7. The zero-order valence-corrected chi connectivity index (χ0v) is 13.2. The molecule has 3 rings (SSSR count). The molecule has 5 nitrogen and oxygen atoms in total. The Morgan fingerprint density at radius 3 is 2.83 bits per heavy atom. The minimum Gasteiger partial charge on any atom is -0.361 e. The normalized spacial score (nSPS) is 16.5. The number of anilines is 1. The fourth-order valence-electron chi connectivity index (χ4n) is 2.97. The predicted molar refractivity (Wildman–Crippen MR) is 88.9 cm³/mol. The quantitative estimate of drug-likeness (QED) is 0.887. The van der Waals surface area contributed by atoms with Gasteiger partial charge in [-0.25, -0.2) is 0 Å². The maximum absolute atomic E-state index is 12.8. The zero-order chi connectivity index (χ0) is 16.6. The summed E-state index contributed by atoms with van der Waals surface area (Å²) in [6.45, 7) is 6.14. The third-order valence-corrected chi connectivity index (χ3v) is 4.33. The summed E-state index contributed by atoms with van der Waals surface area (Å²) in [5.41, 5.74) is 3.92. The number of amides is 1. The molecule has 5 heteroatoms. The number of carbonyl (C=O) groups is 1. The third-order valence-electron chi connectivity index (χ3n) is 4.33. The summed E-state index contributed by atoms with van der Waals surface area (Å²) >= 11 is 0. The van der Waals surface area contributed by atoms with Gasteiger partial charge in [-0.15, -0.1) is 6.58 Å². The summed E-state index contributed by atoms with van der Waals surface area (Å²) in [4.78, 5) is 14.6. The molecule has 2 aromatic rings. The topological polar surface area (TPSA) is 61.1 Å². The van der Waals surface area contributed by atoms with Gasteiger partial charge in [-0.05, 0) is 25.1 Å². The first kappa shape index (κ1) is 14.9. The van der Waals surface area contributed by atoms with Crippen LogP contribution in [-0.4, -0.2) is 21.9 Å². The first-order chi connectivity index (χ1) is 11.1. The second-order valence-corrected chi connectivity index (χ2v) is 5.58. The lowest BCUT2D eigenvalue weighted by molar-refractivity contribution is 0.0707. The SMILES string of the molecule is C=CCN1C(=O)c2ccccc2NC1c1cc(C#N)n(C)c1C. The van der Waals surface area contributed by atoms with Gasteiger partial charge >= 0.3 is 0 Å². The first-order valence-corrected chi connectivity index (χ1v) is 7.42. The molecule has 1 N–H and O–H groups in total. The second kappa shape index (κ2) is 5.65. The molecule has 1 aromatic carbocycles. The van der Waals surface area contributed by atoms with E-state index in [1.807, 2.05) is 48.9 Å². The molecule has 1 aromatic heterocycles. The molecule has 1 aliphatic heterocycles. The maximum Gasteiger partial charge on any atom is 0.258 e. The molecule has 2 heterocycles. The van der Waals surface area contributed by atoms with Crippen LogP contribution in [0.25, 0.3) is 0 Å². The molecule has 23 heavy (non-hydrogen) atoms. The van der Waals surface area contributed by atoms with Gasteiger partial charge in [0.2, 0.25) is 0 Å². The Morgan fingerprint density at radius 2 is 2.17 bits per heavy atom. The summed E-state index contributed by atoms with van der Waals surface area (Å²) in [6.07, 6.45) is 1.40. The molecule has 0 fully saturated rings. The van der Waals surface area contributed by atoms with Gasteiger partial charge in [0.25, 0.3) is 5.91 Å². The van der Waals surface area contributed by atoms with Crippen molar-refractivity contribution in [3.63, 3.8) is 0 Å². The van der Waals surface area contributed by atoms with Crippen molar-refractivity contribution in [1.82, 2.24) is 9.47 Å². The molecule has 1 atom stereocenters. The van der Waals surface area contributed by atoms with Gasteiger partial charge in [-0.3, -0.25) is 4.79 Å². The summed E-state index contributed by atoms with van der Waals surface area (Å²) in [6, 6.07) is 11.5. The number of hydrogen-bond donors (Lipinski definition) is 1. The fraction of sp³-hybridized carbons (Fsp3) is 0.222. The lowest BCUT2D eigenvalue weighted by Gasteiger charge is -2.37. The highest BCUT2D eigenvalue weighted by atomic mass is 16.2. The van der Waals surface area contributed by atoms with Crippen LogP contribution in [0.2, 0.25) is 0 Å². The van der Waals surface area contributed by atoms with Crippen LogP contribution in [0.4, 0.5) is 5.69 Å². The number of aromatic nitrogens is 1. The van der Waals surface area contributed by atoms with Crippen molar-refractivity contribution < 1.29 is 4.79 Å². The number of rotatable bonds is 3. The van der Waals surface area contributed by atoms with Crippen molar-refractivity contribution in [3.05, 3.63) is 65.5 Å². The van der Waals surface area contributed by atoms with Crippen LogP contribution in [0.1, 0.15) is 33.5 Å². The Hall–Kier alpha value is -3.00. The van der Waals surface area contributed by atoms with E-state index in [1.54, 1.807) is 11.0 Å². The standard InChI is InChI=1S/C18H18N4O/c1-4-9-22-17(15-10-13(11-19)21(3)12(15)2)20-16-8-6-5-7-14(16)18(22)23/h4-8,10,17,20H,1,9H2,2-3H3. The van der Waals surface area contributed by atoms with Gasteiger partial charge in [0, 0.05) is 30.5 Å². The van der Waals surface area contributed by atoms with Crippen LogP contribution in [0.3, 0.4) is 0 Å². The second-order valence-electron chi connectivity index (χ2n) is 5.58. The molecule has 0 radical (unpaired) electrons. The molecular formula is C18H18N4O. The zero-order valence-electron chi connectivity index (χ0n) is 13.2. The molecule has 0 spiro atoms. The number of para-hydroxylation sites is 1. The Labute approximate surface area is 135 Å². The molecule has 1 unspecified atom stereocenters. The number of nitrogens with one attached hydrogen (secondary N) is 1. The van der Waals surface area contributed by atoms with Gasteiger partial charge in [0.1, 0.15) is 17.9 Å². The van der Waals surface area contributed by atoms with E-state index < -0.39 is 0 Å². The van der Waals surface area contributed by atoms with Crippen molar-refractivity contribution >= 4 is 11.6 Å². The van der Waals surface area contributed by atoms with Crippen molar-refractivity contribution in [2.75, 3.05) is 11.9 Å². The van der Waals surface area contributed by atoms with Crippen LogP contribution in [0, 0.1) is 18.3 Å². The Morgan fingerprint density at radius 1 is 1.43 bits per heavy atom. The molecule has 0 bridgehead atoms. The van der Waals surface area contributed by atoms with Crippen LogP contribution < -0.4 is 5.32 Å². The molecule has 1 amide bonds. The molecule has 116 valence electrons. The van der Waals surface area contributed by atoms with E-state index in [1.165, 1.54) is 0 Å². The first-order valence-electron chi connectivity index (χ1n) is 7.42. The largest absolute Gasteiger partial charge is 0.361 e. The summed E-state index contributed by atoms with van der Waals surface area (Å²) in [5.74, 6) is -0.0361. The van der Waals surface area contributed by atoms with Crippen molar-refractivity contribution in [1.29, 1.82) is 5.26 Å². The number of benzene rings is 1. The van der Waals surface area contributed by atoms with E-state index in [0.717, 1.165) is 16.9 Å². The van der Waals surface area contributed by atoms with E-state index in [2.05, 4.69) is 18.0 Å². The summed E-state index contributed by atoms with van der Waals surface area (Å²) < 4.78 is 1.84. The minimum atomic E-state index is -0.316. The Balaban J connectivity index is 2.12. The van der Waals surface area contributed by atoms with Crippen LogP contribution in [0.5, 0.6) is 0 Å². The Kier molecular flexibility index (Phi) is 3.67. The van der Waals surface area contributed by atoms with E-state index in [0.29, 0.717) is 17.8 Å². The van der Waals surface area contributed by atoms with Crippen LogP contribution >= 0.6 is 0 Å². The lowest BCUT2D eigenvalue weighted by atomic mass is 10.0. The van der Waals surface area contributed by atoms with E-state index in [-0.39, 0.29) is 12.1 Å². The smallest absolute Gasteiger partial charge is 0.258 e. The molecule has 0 saturated heterocycles. The van der Waals surface area contributed by atoms with Gasteiger partial charge in [0.05, 0.1) is 5.56 Å². The lowest BCUT2D eigenvalue weighted by Crippen LogP contribution is -2.43. The number of nitriles is 1. The average Bonchev–Trinajstić information content (AvgIpc) is 2.85. The van der Waals surface area contributed by atoms with E-state index in [9.17, 15) is 10.1 Å². The molecule has 1 aliphatic rings. The van der Waals surface area contributed by atoms with Crippen LogP contribution in [-0.2, 0) is 7.05 Å². The number of nitrogens with zero attached hydrogens (tertiary/aromatic N) is 3. The predicted octanol–water partition coefficient (Wildman–Crippen LogP) is 2.96. The number of fused-ring (bicyclic) bond motifs is 1. The summed E-state index contributed by atoms with van der Waals surface area (Å²) in [7, 11) is 1.85. The van der Waals surface area contributed by atoms with E-state index >= 15 is 0 Å². The monoisotopic (exact) mass is 306 g/mol. The van der Waals surface area contributed by atoms with Gasteiger partial charge in [0.15, 0.2) is 0 Å². The third kappa shape index (κ3) is 2.29. The van der Waals surface area contributed by atoms with Gasteiger partial charge in [-0.1, -0.05) is 18.2 Å². The number of carbonyl (C=O) groups excluding carboxylic acids is 1. The molecule has 0 aliphatic carbocycles. The molecule has 0 saturated carbocycles. The highest BCUT2D eigenvalue weighted by Gasteiger charge is 2.33. The highest BCUT2D eigenvalue weighted by molar-refractivity contribution is 6.01. The average molecular weight is 306 g/mol. The highest BCUT2D eigenvalue weighted by Crippen LogP contribution is 2.35. The van der Waals surface area contributed by atoms with Crippen molar-refractivity contribution in [2.45, 2.75) is 13.1 Å². The van der Waals surface area contributed by atoms with Crippen molar-refractivity contribution in [3.8, 4) is 6.07 Å². The molecular weight excluding hydrogens is 288 g/mol.